The van der Waals surface area contributed by atoms with Crippen molar-refractivity contribution in [3.8, 4) is 0 Å². The highest BCUT2D eigenvalue weighted by molar-refractivity contribution is 5.92. The van der Waals surface area contributed by atoms with Crippen LogP contribution in [0.25, 0.3) is 0 Å². The van der Waals surface area contributed by atoms with Gasteiger partial charge in [0, 0.05) is 30.8 Å². The summed E-state index contributed by atoms with van der Waals surface area (Å²) in [5.74, 6) is -0.913. The minimum Gasteiger partial charge on any atom is -0.392 e. The van der Waals surface area contributed by atoms with Crippen LogP contribution >= 0.6 is 0 Å². The third kappa shape index (κ3) is 2.81. The van der Waals surface area contributed by atoms with E-state index in [0.717, 1.165) is 6.54 Å². The maximum absolute atomic E-state index is 13.5. The van der Waals surface area contributed by atoms with E-state index in [4.69, 9.17) is 5.73 Å². The van der Waals surface area contributed by atoms with E-state index in [0.29, 0.717) is 30.6 Å². The molecule has 17 heavy (non-hydrogen) atoms. The third-order valence-corrected chi connectivity index (χ3v) is 2.97. The van der Waals surface area contributed by atoms with Crippen molar-refractivity contribution >= 4 is 5.91 Å². The van der Waals surface area contributed by atoms with E-state index in [1.165, 1.54) is 18.2 Å². The van der Waals surface area contributed by atoms with Gasteiger partial charge in [0.2, 0.25) is 5.91 Å². The van der Waals surface area contributed by atoms with Crippen molar-refractivity contribution in [3.63, 3.8) is 0 Å². The number of primary amides is 1. The number of nitrogens with zero attached hydrogens (tertiary/aromatic N) is 1. The fourth-order valence-electron chi connectivity index (χ4n) is 2.05. The summed E-state index contributed by atoms with van der Waals surface area (Å²) in [7, 11) is 0. The molecule has 1 amide bonds. The highest BCUT2D eigenvalue weighted by Crippen LogP contribution is 2.17. The number of nitrogens with two attached hydrogens (primary N) is 1. The second-order valence-electron chi connectivity index (χ2n) is 4.35. The van der Waals surface area contributed by atoms with Crippen LogP contribution in [0.3, 0.4) is 0 Å². The van der Waals surface area contributed by atoms with Gasteiger partial charge in [0.25, 0.3) is 0 Å². The number of hydrogen-bond acceptors (Lipinski definition) is 3. The molecule has 0 unspecified atom stereocenters. The molecule has 1 atom stereocenters. The summed E-state index contributed by atoms with van der Waals surface area (Å²) in [6, 6.07) is 4.10. The first kappa shape index (κ1) is 12.0. The Morgan fingerprint density at radius 2 is 2.35 bits per heavy atom. The third-order valence-electron chi connectivity index (χ3n) is 2.97. The van der Waals surface area contributed by atoms with Gasteiger partial charge in [-0.2, -0.15) is 0 Å². The van der Waals surface area contributed by atoms with Gasteiger partial charge in [-0.25, -0.2) is 4.39 Å². The second kappa shape index (κ2) is 4.81. The van der Waals surface area contributed by atoms with Crippen LogP contribution in [0, 0.1) is 5.82 Å². The number of aliphatic hydroxyl groups is 1. The maximum Gasteiger partial charge on any atom is 0.248 e. The van der Waals surface area contributed by atoms with Gasteiger partial charge in [0.05, 0.1) is 6.10 Å². The molecule has 1 aliphatic heterocycles. The van der Waals surface area contributed by atoms with E-state index < -0.39 is 5.91 Å². The Bertz CT molecular complexity index is 437. The SMILES string of the molecule is NC(=O)c1ccc(F)c(CN2CC[C@H](O)C2)c1. The molecule has 0 saturated carbocycles. The summed E-state index contributed by atoms with van der Waals surface area (Å²) in [6.45, 7) is 1.67. The van der Waals surface area contributed by atoms with Gasteiger partial charge in [-0.1, -0.05) is 0 Å². The molecule has 1 aromatic carbocycles. The molecule has 92 valence electrons. The lowest BCUT2D eigenvalue weighted by Gasteiger charge is -2.15. The van der Waals surface area contributed by atoms with E-state index in [1.54, 1.807) is 0 Å². The van der Waals surface area contributed by atoms with Crippen molar-refractivity contribution in [1.82, 2.24) is 4.90 Å². The van der Waals surface area contributed by atoms with Gasteiger partial charge >= 0.3 is 0 Å². The molecule has 0 radical (unpaired) electrons. The van der Waals surface area contributed by atoms with Crippen LogP contribution in [0.4, 0.5) is 4.39 Å². The molecule has 5 heteroatoms. The largest absolute Gasteiger partial charge is 0.392 e. The normalized spacial score (nSPS) is 20.7. The van der Waals surface area contributed by atoms with Crippen molar-refractivity contribution in [2.75, 3.05) is 13.1 Å². The fraction of sp³-hybridized carbons (Fsp3) is 0.417. The number of benzene rings is 1. The lowest BCUT2D eigenvalue weighted by molar-refractivity contribution is 0.1000. The zero-order chi connectivity index (χ0) is 12.4. The van der Waals surface area contributed by atoms with Crippen LogP contribution < -0.4 is 5.73 Å². The van der Waals surface area contributed by atoms with Crippen molar-refractivity contribution in [1.29, 1.82) is 0 Å². The molecule has 1 aromatic rings. The molecule has 4 nitrogen and oxygen atoms in total. The first-order valence-electron chi connectivity index (χ1n) is 5.55. The molecule has 3 N–H and O–H groups in total. The number of carbonyl (C=O) groups is 1. The second-order valence-corrected chi connectivity index (χ2v) is 4.35. The molecule has 1 aliphatic rings. The molecular formula is C12H15FN2O2. The molecule has 1 saturated heterocycles. The Morgan fingerprint density at radius 1 is 1.59 bits per heavy atom. The first-order chi connectivity index (χ1) is 8.06. The average Bonchev–Trinajstić information content (AvgIpc) is 2.67. The number of hydrogen-bond donors (Lipinski definition) is 2. The zero-order valence-corrected chi connectivity index (χ0v) is 9.40. The van der Waals surface area contributed by atoms with E-state index in [-0.39, 0.29) is 11.9 Å². The predicted octanol–water partition coefficient (Wildman–Crippen LogP) is 0.491. The summed E-state index contributed by atoms with van der Waals surface area (Å²) in [4.78, 5) is 13.0. The monoisotopic (exact) mass is 238 g/mol. The Labute approximate surface area is 98.8 Å². The molecule has 2 rings (SSSR count). The summed E-state index contributed by atoms with van der Waals surface area (Å²) in [5.41, 5.74) is 5.89. The number of carbonyl (C=O) groups excluding carboxylic acids is 1. The highest BCUT2D eigenvalue weighted by Gasteiger charge is 2.21. The lowest BCUT2D eigenvalue weighted by Crippen LogP contribution is -2.22. The average molecular weight is 238 g/mol. The van der Waals surface area contributed by atoms with Crippen molar-refractivity contribution in [2.24, 2.45) is 5.73 Å². The highest BCUT2D eigenvalue weighted by atomic mass is 19.1. The smallest absolute Gasteiger partial charge is 0.248 e. The van der Waals surface area contributed by atoms with Crippen LogP contribution in [0.5, 0.6) is 0 Å². The van der Waals surface area contributed by atoms with Crippen molar-refractivity contribution < 1.29 is 14.3 Å². The quantitative estimate of drug-likeness (QED) is 0.805. The van der Waals surface area contributed by atoms with E-state index in [2.05, 4.69) is 0 Å². The molecule has 0 aliphatic carbocycles. The molecule has 1 fully saturated rings. The Balaban J connectivity index is 2.14. The summed E-state index contributed by atoms with van der Waals surface area (Å²) in [5, 5.41) is 9.38. The number of β-amino-alcohol motifs (C(OH)–C–C–N with tert-alkyl or cyclic N) is 1. The van der Waals surface area contributed by atoms with Crippen molar-refractivity contribution in [3.05, 3.63) is 35.1 Å². The summed E-state index contributed by atoms with van der Waals surface area (Å²) < 4.78 is 13.5. The van der Waals surface area contributed by atoms with Gasteiger partial charge in [-0.15, -0.1) is 0 Å². The Hall–Kier alpha value is -1.46. The minimum atomic E-state index is -0.562. The maximum atomic E-state index is 13.5. The molecule has 0 spiro atoms. The van der Waals surface area contributed by atoms with Crippen LogP contribution in [0.2, 0.25) is 0 Å². The topological polar surface area (TPSA) is 66.6 Å². The van der Waals surface area contributed by atoms with Gasteiger partial charge in [-0.05, 0) is 24.6 Å². The van der Waals surface area contributed by atoms with E-state index >= 15 is 0 Å². The number of amides is 1. The minimum absolute atomic E-state index is 0.307. The van der Waals surface area contributed by atoms with Crippen LogP contribution in [-0.2, 0) is 6.54 Å². The van der Waals surface area contributed by atoms with Gasteiger partial charge < -0.3 is 10.8 Å². The van der Waals surface area contributed by atoms with Crippen LogP contribution in [0.15, 0.2) is 18.2 Å². The van der Waals surface area contributed by atoms with Crippen molar-refractivity contribution in [2.45, 2.75) is 19.1 Å². The molecule has 1 heterocycles. The number of halogens is 1. The molecular weight excluding hydrogens is 223 g/mol. The van der Waals surface area contributed by atoms with Gasteiger partial charge in [0.1, 0.15) is 5.82 Å². The number of likely N-dealkylation sites (tertiary alicyclic amines) is 1. The van der Waals surface area contributed by atoms with Gasteiger partial charge in [-0.3, -0.25) is 9.69 Å². The fourth-order valence-corrected chi connectivity index (χ4v) is 2.05. The summed E-state index contributed by atoms with van der Waals surface area (Å²) >= 11 is 0. The molecule has 0 bridgehead atoms. The number of rotatable bonds is 3. The van der Waals surface area contributed by atoms with E-state index in [1.807, 2.05) is 4.90 Å². The van der Waals surface area contributed by atoms with Gasteiger partial charge in [0.15, 0.2) is 0 Å². The van der Waals surface area contributed by atoms with Crippen LogP contribution in [-0.4, -0.2) is 35.1 Å². The first-order valence-corrected chi connectivity index (χ1v) is 5.55. The summed E-state index contributed by atoms with van der Waals surface area (Å²) in [6.07, 6.45) is 0.370. The number of aliphatic hydroxyl groups excluding tert-OH is 1. The Morgan fingerprint density at radius 3 is 2.94 bits per heavy atom. The lowest BCUT2D eigenvalue weighted by atomic mass is 10.1. The predicted molar refractivity (Wildman–Crippen MR) is 60.8 cm³/mol. The zero-order valence-electron chi connectivity index (χ0n) is 9.40. The Kier molecular flexibility index (Phi) is 3.40. The standard InChI is InChI=1S/C12H15FN2O2/c13-11-2-1-8(12(14)17)5-9(11)6-15-4-3-10(16)7-15/h1-2,5,10,16H,3-4,6-7H2,(H2,14,17)/t10-/m0/s1. The molecule has 0 aromatic heterocycles. The van der Waals surface area contributed by atoms with E-state index in [9.17, 15) is 14.3 Å². The van der Waals surface area contributed by atoms with Crippen LogP contribution in [0.1, 0.15) is 22.3 Å².